The summed E-state index contributed by atoms with van der Waals surface area (Å²) in [6, 6.07) is 7.40. The summed E-state index contributed by atoms with van der Waals surface area (Å²) in [7, 11) is 1.62. The Kier molecular flexibility index (Phi) is 4.59. The van der Waals surface area contributed by atoms with E-state index in [-0.39, 0.29) is 24.6 Å². The lowest BCUT2D eigenvalue weighted by molar-refractivity contribution is 0.191. The first-order valence-corrected chi connectivity index (χ1v) is 6.16. The SMILES string of the molecule is COc1ccc(-c2noc([C@H]3C[C@H](O)CN3)n2)cc1.Cl. The molecule has 6 nitrogen and oxygen atoms in total. The Morgan fingerprint density at radius 1 is 1.35 bits per heavy atom. The van der Waals surface area contributed by atoms with Crippen LogP contribution in [0.15, 0.2) is 28.8 Å². The highest BCUT2D eigenvalue weighted by Crippen LogP contribution is 2.25. The highest BCUT2D eigenvalue weighted by molar-refractivity contribution is 5.85. The number of halogens is 1. The standard InChI is InChI=1S/C13H15N3O3.ClH/c1-18-10-4-2-8(3-5-10)12-15-13(19-16-12)11-6-9(17)7-14-11;/h2-5,9,11,14,17H,6-7H2,1H3;1H/t9-,11+;/m0./s1. The Hall–Kier alpha value is -1.63. The zero-order chi connectivity index (χ0) is 13.2. The third-order valence-corrected chi connectivity index (χ3v) is 3.20. The second-order valence-electron chi connectivity index (χ2n) is 4.54. The number of hydrogen-bond acceptors (Lipinski definition) is 6. The molecule has 1 aliphatic heterocycles. The molecule has 0 amide bonds. The molecule has 0 unspecified atom stereocenters. The maximum atomic E-state index is 9.48. The van der Waals surface area contributed by atoms with Gasteiger partial charge in [-0.3, -0.25) is 0 Å². The molecule has 0 saturated carbocycles. The van der Waals surface area contributed by atoms with E-state index < -0.39 is 0 Å². The smallest absolute Gasteiger partial charge is 0.244 e. The monoisotopic (exact) mass is 297 g/mol. The zero-order valence-electron chi connectivity index (χ0n) is 10.9. The molecule has 1 saturated heterocycles. The van der Waals surface area contributed by atoms with E-state index in [9.17, 15) is 5.11 Å². The van der Waals surface area contributed by atoms with Crippen molar-refractivity contribution in [3.05, 3.63) is 30.2 Å². The molecule has 108 valence electrons. The minimum atomic E-state index is -0.346. The van der Waals surface area contributed by atoms with Crippen molar-refractivity contribution >= 4 is 12.4 Å². The van der Waals surface area contributed by atoms with Crippen LogP contribution in [-0.4, -0.2) is 35.0 Å². The van der Waals surface area contributed by atoms with Crippen molar-refractivity contribution in [1.29, 1.82) is 0 Å². The van der Waals surface area contributed by atoms with Crippen molar-refractivity contribution in [2.75, 3.05) is 13.7 Å². The average Bonchev–Trinajstić information content (AvgIpc) is 3.07. The van der Waals surface area contributed by atoms with Crippen molar-refractivity contribution in [1.82, 2.24) is 15.5 Å². The third kappa shape index (κ3) is 2.92. The van der Waals surface area contributed by atoms with Crippen LogP contribution in [0.5, 0.6) is 5.75 Å². The van der Waals surface area contributed by atoms with Gasteiger partial charge in [0.15, 0.2) is 0 Å². The van der Waals surface area contributed by atoms with Gasteiger partial charge >= 0.3 is 0 Å². The van der Waals surface area contributed by atoms with Gasteiger partial charge < -0.3 is 19.7 Å². The van der Waals surface area contributed by atoms with E-state index in [2.05, 4.69) is 15.5 Å². The quantitative estimate of drug-likeness (QED) is 0.895. The minimum Gasteiger partial charge on any atom is -0.497 e. The van der Waals surface area contributed by atoms with Gasteiger partial charge in [0.1, 0.15) is 5.75 Å². The molecular formula is C13H16ClN3O3. The van der Waals surface area contributed by atoms with E-state index in [4.69, 9.17) is 9.26 Å². The van der Waals surface area contributed by atoms with Crippen molar-refractivity contribution in [3.8, 4) is 17.1 Å². The van der Waals surface area contributed by atoms with E-state index in [1.54, 1.807) is 7.11 Å². The summed E-state index contributed by atoms with van der Waals surface area (Å²) < 4.78 is 10.3. The molecule has 2 N–H and O–H groups in total. The number of ether oxygens (including phenoxy) is 1. The number of nitrogens with one attached hydrogen (secondary N) is 1. The Morgan fingerprint density at radius 3 is 2.70 bits per heavy atom. The molecule has 20 heavy (non-hydrogen) atoms. The van der Waals surface area contributed by atoms with E-state index in [0.717, 1.165) is 11.3 Å². The van der Waals surface area contributed by atoms with Crippen molar-refractivity contribution in [2.45, 2.75) is 18.6 Å². The first-order chi connectivity index (χ1) is 9.26. The molecule has 2 atom stereocenters. The van der Waals surface area contributed by atoms with Gasteiger partial charge in [-0.1, -0.05) is 5.16 Å². The predicted octanol–water partition coefficient (Wildman–Crippen LogP) is 1.56. The lowest BCUT2D eigenvalue weighted by atomic mass is 10.2. The van der Waals surface area contributed by atoms with Gasteiger partial charge in [-0.2, -0.15) is 4.98 Å². The molecule has 1 aliphatic rings. The second kappa shape index (κ2) is 6.21. The highest BCUT2D eigenvalue weighted by Gasteiger charge is 2.28. The van der Waals surface area contributed by atoms with E-state index in [1.165, 1.54) is 0 Å². The second-order valence-corrected chi connectivity index (χ2v) is 4.54. The lowest BCUT2D eigenvalue weighted by Crippen LogP contribution is -2.15. The van der Waals surface area contributed by atoms with Gasteiger partial charge in [-0.05, 0) is 30.7 Å². The molecule has 0 bridgehead atoms. The van der Waals surface area contributed by atoms with Crippen LogP contribution in [0.2, 0.25) is 0 Å². The van der Waals surface area contributed by atoms with Crippen molar-refractivity contribution in [2.24, 2.45) is 0 Å². The molecule has 2 aromatic rings. The number of nitrogens with zero attached hydrogens (tertiary/aromatic N) is 2. The van der Waals surface area contributed by atoms with Crippen LogP contribution in [-0.2, 0) is 0 Å². The first-order valence-electron chi connectivity index (χ1n) is 6.16. The maximum Gasteiger partial charge on any atom is 0.244 e. The predicted molar refractivity (Wildman–Crippen MR) is 74.9 cm³/mol. The van der Waals surface area contributed by atoms with Gasteiger partial charge in [-0.15, -0.1) is 12.4 Å². The van der Waals surface area contributed by atoms with Crippen LogP contribution in [0.3, 0.4) is 0 Å². The van der Waals surface area contributed by atoms with Crippen LogP contribution in [0.1, 0.15) is 18.4 Å². The summed E-state index contributed by atoms with van der Waals surface area (Å²) in [6.45, 7) is 0.560. The van der Waals surface area contributed by atoms with E-state index in [0.29, 0.717) is 24.7 Å². The molecule has 3 rings (SSSR count). The number of methoxy groups -OCH3 is 1. The van der Waals surface area contributed by atoms with Gasteiger partial charge in [-0.25, -0.2) is 0 Å². The number of aliphatic hydroxyl groups is 1. The normalized spacial score (nSPS) is 21.5. The molecule has 0 aliphatic carbocycles. The number of rotatable bonds is 3. The van der Waals surface area contributed by atoms with Crippen LogP contribution in [0.25, 0.3) is 11.4 Å². The summed E-state index contributed by atoms with van der Waals surface area (Å²) in [5, 5.41) is 16.6. The number of benzene rings is 1. The molecule has 2 heterocycles. The maximum absolute atomic E-state index is 9.48. The Bertz CT molecular complexity index is 558. The van der Waals surface area contributed by atoms with Crippen LogP contribution in [0.4, 0.5) is 0 Å². The van der Waals surface area contributed by atoms with Crippen molar-refractivity contribution in [3.63, 3.8) is 0 Å². The molecule has 1 aromatic heterocycles. The van der Waals surface area contributed by atoms with Crippen LogP contribution in [0, 0.1) is 0 Å². The minimum absolute atomic E-state index is 0. The fourth-order valence-electron chi connectivity index (χ4n) is 2.14. The molecule has 1 aromatic carbocycles. The third-order valence-electron chi connectivity index (χ3n) is 3.20. The summed E-state index contributed by atoms with van der Waals surface area (Å²) in [5.74, 6) is 1.84. The average molecular weight is 298 g/mol. The van der Waals surface area contributed by atoms with Gasteiger partial charge in [0.25, 0.3) is 0 Å². The molecular weight excluding hydrogens is 282 g/mol. The number of aromatic nitrogens is 2. The topological polar surface area (TPSA) is 80.4 Å². The van der Waals surface area contributed by atoms with Crippen molar-refractivity contribution < 1.29 is 14.4 Å². The highest BCUT2D eigenvalue weighted by atomic mass is 35.5. The molecule has 1 fully saturated rings. The summed E-state index contributed by atoms with van der Waals surface area (Å²) in [5.41, 5.74) is 0.870. The van der Waals surface area contributed by atoms with Gasteiger partial charge in [0.05, 0.1) is 19.3 Å². The number of β-amino-alcohol motifs (C(OH)–C–C–N with tert-alkyl or cyclic N) is 1. The van der Waals surface area contributed by atoms with Gasteiger partial charge in [0.2, 0.25) is 11.7 Å². The summed E-state index contributed by atoms with van der Waals surface area (Å²) in [6.07, 6.45) is 0.255. The number of hydrogen-bond donors (Lipinski definition) is 2. The largest absolute Gasteiger partial charge is 0.497 e. The summed E-state index contributed by atoms with van der Waals surface area (Å²) >= 11 is 0. The summed E-state index contributed by atoms with van der Waals surface area (Å²) in [4.78, 5) is 4.36. The molecule has 0 radical (unpaired) electrons. The van der Waals surface area contributed by atoms with Crippen LogP contribution >= 0.6 is 12.4 Å². The lowest BCUT2D eigenvalue weighted by Gasteiger charge is -2.01. The zero-order valence-corrected chi connectivity index (χ0v) is 11.8. The number of aliphatic hydroxyl groups excluding tert-OH is 1. The first kappa shape index (κ1) is 14.8. The Balaban J connectivity index is 0.00000147. The molecule has 7 heteroatoms. The fraction of sp³-hybridized carbons (Fsp3) is 0.385. The van der Waals surface area contributed by atoms with E-state index in [1.807, 2.05) is 24.3 Å². The molecule has 0 spiro atoms. The van der Waals surface area contributed by atoms with Crippen LogP contribution < -0.4 is 10.1 Å². The Morgan fingerprint density at radius 2 is 2.10 bits per heavy atom. The van der Waals surface area contributed by atoms with E-state index >= 15 is 0 Å². The Labute approximate surface area is 122 Å². The fourth-order valence-corrected chi connectivity index (χ4v) is 2.14. The van der Waals surface area contributed by atoms with Gasteiger partial charge in [0, 0.05) is 12.1 Å².